The predicted molar refractivity (Wildman–Crippen MR) is 288 cm³/mol. The number of ether oxygens (including phenoxy) is 2. The summed E-state index contributed by atoms with van der Waals surface area (Å²) < 4.78 is 38.5. The molecule has 1 aliphatic rings. The molecule has 0 bridgehead atoms. The molecule has 3 atom stereocenters. The van der Waals surface area contributed by atoms with Gasteiger partial charge in [0, 0.05) is 71.3 Å². The first-order valence-electron chi connectivity index (χ1n) is 25.5. The van der Waals surface area contributed by atoms with Crippen LogP contribution in [0.5, 0.6) is 0 Å². The van der Waals surface area contributed by atoms with Gasteiger partial charge >= 0.3 is 11.9 Å². The van der Waals surface area contributed by atoms with Crippen molar-refractivity contribution < 1.29 is 27.5 Å². The summed E-state index contributed by atoms with van der Waals surface area (Å²) >= 11 is 0. The first-order chi connectivity index (χ1) is 34.4. The van der Waals surface area contributed by atoms with E-state index in [0.29, 0.717) is 28.9 Å². The standard InChI is InChI=1S/C57H73N7O6S/c1-9-16-21-42(12-4)40-63-52-26-20-25-48-51(33-34-53(56(48)52)64(57(63,8)35-11-3)41-43(13-5)22-17-10-2)61-60-50-32-31-49(46-23-18-19-24-47(46)50)59-58-44-27-29-45(30-28-44)71(67,68)62(36-38-69-54(65)14-6)37-39-70-55(66)15-7/h14-15,18-20,23-34,42-43H,6-7,9-13,16-17,21-22,35-41H2,1-5,8H3. The highest BCUT2D eigenvalue weighted by Gasteiger charge is 2.44. The SMILES string of the molecule is C=CC(=O)OCCN(CCOC(=O)C=C)S(=O)(=O)c1ccc(N=Nc2ccc(N=Nc3ccc4c5c(cccc35)N(CC(CC)CCCC)C(C)(CCC)N4CC(CC)CCCC)c3ccccc23)cc1. The molecule has 71 heavy (non-hydrogen) atoms. The van der Waals surface area contributed by atoms with Crippen molar-refractivity contribution in [1.82, 2.24) is 4.31 Å². The Hall–Kier alpha value is -6.25. The molecule has 1 heterocycles. The zero-order valence-electron chi connectivity index (χ0n) is 42.7. The molecule has 6 rings (SSSR count). The van der Waals surface area contributed by atoms with Crippen LogP contribution in [0.25, 0.3) is 21.5 Å². The minimum Gasteiger partial charge on any atom is -0.461 e. The maximum absolute atomic E-state index is 13.7. The van der Waals surface area contributed by atoms with Gasteiger partial charge in [-0.3, -0.25) is 0 Å². The van der Waals surface area contributed by atoms with Gasteiger partial charge in [-0.15, -0.1) is 15.3 Å². The summed E-state index contributed by atoms with van der Waals surface area (Å²) in [5, 5.41) is 23.0. The average Bonchev–Trinajstić information content (AvgIpc) is 3.39. The Labute approximate surface area is 421 Å². The second kappa shape index (κ2) is 25.7. The molecule has 14 heteroatoms. The van der Waals surface area contributed by atoms with E-state index in [9.17, 15) is 18.0 Å². The molecular weight excluding hydrogens is 911 g/mol. The number of fused-ring (bicyclic) bond motifs is 1. The second-order valence-electron chi connectivity index (χ2n) is 18.5. The quantitative estimate of drug-likeness (QED) is 0.0273. The number of carbonyl (C=O) groups excluding carboxylic acids is 2. The van der Waals surface area contributed by atoms with Crippen molar-refractivity contribution in [3.05, 3.63) is 116 Å². The smallest absolute Gasteiger partial charge is 0.330 e. The van der Waals surface area contributed by atoms with Crippen molar-refractivity contribution in [3.8, 4) is 0 Å². The van der Waals surface area contributed by atoms with Gasteiger partial charge in [0.05, 0.1) is 27.6 Å². The van der Waals surface area contributed by atoms with Crippen molar-refractivity contribution in [2.45, 2.75) is 116 Å². The van der Waals surface area contributed by atoms with E-state index >= 15 is 0 Å². The van der Waals surface area contributed by atoms with E-state index in [1.165, 1.54) is 67.4 Å². The molecule has 0 radical (unpaired) electrons. The zero-order valence-corrected chi connectivity index (χ0v) is 43.5. The lowest BCUT2D eigenvalue weighted by Crippen LogP contribution is -2.63. The molecule has 5 aromatic rings. The van der Waals surface area contributed by atoms with E-state index in [2.05, 4.69) is 105 Å². The van der Waals surface area contributed by atoms with E-state index < -0.39 is 22.0 Å². The van der Waals surface area contributed by atoms with Gasteiger partial charge in [-0.1, -0.05) is 129 Å². The van der Waals surface area contributed by atoms with E-state index in [4.69, 9.17) is 19.7 Å². The van der Waals surface area contributed by atoms with Crippen LogP contribution >= 0.6 is 0 Å². The summed E-state index contributed by atoms with van der Waals surface area (Å²) in [4.78, 5) is 28.7. The van der Waals surface area contributed by atoms with E-state index in [1.807, 2.05) is 36.4 Å². The van der Waals surface area contributed by atoms with Gasteiger partial charge in [-0.2, -0.15) is 9.42 Å². The number of hydrogen-bond donors (Lipinski definition) is 0. The van der Waals surface area contributed by atoms with Crippen LogP contribution in [0.4, 0.5) is 34.1 Å². The Bertz CT molecular complexity index is 2740. The summed E-state index contributed by atoms with van der Waals surface area (Å²) in [6.07, 6.45) is 13.8. The molecule has 0 N–H and O–H groups in total. The number of anilines is 2. The van der Waals surface area contributed by atoms with Crippen LogP contribution < -0.4 is 9.80 Å². The van der Waals surface area contributed by atoms with Gasteiger partial charge in [-0.05, 0) is 92.6 Å². The summed E-state index contributed by atoms with van der Waals surface area (Å²) in [5.41, 5.74) is 4.92. The molecule has 0 amide bonds. The van der Waals surface area contributed by atoms with E-state index in [1.54, 1.807) is 12.1 Å². The normalized spacial score (nSPS) is 15.8. The van der Waals surface area contributed by atoms with Crippen molar-refractivity contribution >= 4 is 77.6 Å². The van der Waals surface area contributed by atoms with Crippen molar-refractivity contribution in [2.75, 3.05) is 49.2 Å². The molecule has 3 unspecified atom stereocenters. The van der Waals surface area contributed by atoms with Gasteiger partial charge in [-0.25, -0.2) is 18.0 Å². The van der Waals surface area contributed by atoms with Crippen LogP contribution in [0, 0.1) is 11.8 Å². The van der Waals surface area contributed by atoms with Crippen LogP contribution in [-0.4, -0.2) is 69.7 Å². The highest BCUT2D eigenvalue weighted by Crippen LogP contribution is 2.51. The fourth-order valence-electron chi connectivity index (χ4n) is 9.70. The van der Waals surface area contributed by atoms with Gasteiger partial charge in [0.25, 0.3) is 0 Å². The number of rotatable bonds is 28. The second-order valence-corrected chi connectivity index (χ2v) is 20.5. The predicted octanol–water partition coefficient (Wildman–Crippen LogP) is 14.8. The van der Waals surface area contributed by atoms with Crippen LogP contribution in [-0.2, 0) is 29.1 Å². The maximum atomic E-state index is 13.7. The first kappa shape index (κ1) is 54.1. The average molecular weight is 984 g/mol. The fraction of sp³-hybridized carbons (Fsp3) is 0.439. The number of unbranched alkanes of at least 4 members (excludes halogenated alkanes) is 2. The lowest BCUT2D eigenvalue weighted by molar-refractivity contribution is -0.137. The molecule has 0 saturated carbocycles. The van der Waals surface area contributed by atoms with E-state index in [0.717, 1.165) is 77.1 Å². The lowest BCUT2D eigenvalue weighted by atomic mass is 9.87. The summed E-state index contributed by atoms with van der Waals surface area (Å²) in [5.74, 6) is -0.185. The third-order valence-electron chi connectivity index (χ3n) is 13.8. The summed E-state index contributed by atoms with van der Waals surface area (Å²) in [7, 11) is -4.09. The minimum absolute atomic E-state index is 0.0257. The Kier molecular flexibility index (Phi) is 19.6. The molecule has 1 aliphatic heterocycles. The topological polar surface area (TPSA) is 146 Å². The molecular formula is C57H73N7O6S. The molecule has 0 aromatic heterocycles. The maximum Gasteiger partial charge on any atom is 0.330 e. The number of benzene rings is 5. The minimum atomic E-state index is -4.09. The van der Waals surface area contributed by atoms with Gasteiger partial charge in [0.15, 0.2) is 0 Å². The Morgan fingerprint density at radius 1 is 0.634 bits per heavy atom. The van der Waals surface area contributed by atoms with Gasteiger partial charge in [0.1, 0.15) is 18.9 Å². The summed E-state index contributed by atoms with van der Waals surface area (Å²) in [6.45, 7) is 22.1. The molecule has 0 saturated heterocycles. The third kappa shape index (κ3) is 13.0. The first-order valence-corrected chi connectivity index (χ1v) is 27.0. The Balaban J connectivity index is 1.31. The van der Waals surface area contributed by atoms with Crippen LogP contribution in [0.3, 0.4) is 0 Å². The fourth-order valence-corrected chi connectivity index (χ4v) is 11.1. The number of sulfonamides is 1. The Morgan fingerprint density at radius 3 is 1.61 bits per heavy atom. The highest BCUT2D eigenvalue weighted by molar-refractivity contribution is 7.89. The number of esters is 2. The number of nitrogens with zero attached hydrogens (tertiary/aromatic N) is 7. The van der Waals surface area contributed by atoms with Crippen LogP contribution in [0.2, 0.25) is 0 Å². The largest absolute Gasteiger partial charge is 0.461 e. The lowest BCUT2D eigenvalue weighted by Gasteiger charge is -2.56. The van der Waals surface area contributed by atoms with Crippen molar-refractivity contribution in [2.24, 2.45) is 32.3 Å². The highest BCUT2D eigenvalue weighted by atomic mass is 32.2. The number of carbonyl (C=O) groups is 2. The number of hydrogen-bond acceptors (Lipinski definition) is 12. The van der Waals surface area contributed by atoms with E-state index in [-0.39, 0.29) is 36.9 Å². The summed E-state index contributed by atoms with van der Waals surface area (Å²) in [6, 6.07) is 28.8. The molecule has 378 valence electrons. The van der Waals surface area contributed by atoms with Crippen molar-refractivity contribution in [3.63, 3.8) is 0 Å². The van der Waals surface area contributed by atoms with Gasteiger partial charge in [0.2, 0.25) is 10.0 Å². The number of azo groups is 2. The van der Waals surface area contributed by atoms with Gasteiger partial charge < -0.3 is 19.3 Å². The van der Waals surface area contributed by atoms with Crippen LogP contribution in [0.15, 0.2) is 142 Å². The molecule has 0 fully saturated rings. The Morgan fingerprint density at radius 2 is 1.11 bits per heavy atom. The molecule has 0 aliphatic carbocycles. The van der Waals surface area contributed by atoms with Crippen LogP contribution in [0.1, 0.15) is 106 Å². The third-order valence-corrected chi connectivity index (χ3v) is 15.7. The monoisotopic (exact) mass is 984 g/mol. The molecule has 13 nitrogen and oxygen atoms in total. The molecule has 5 aromatic carbocycles. The molecule has 0 spiro atoms. The zero-order chi connectivity index (χ0) is 51.0. The van der Waals surface area contributed by atoms with Crippen molar-refractivity contribution in [1.29, 1.82) is 0 Å².